The summed E-state index contributed by atoms with van der Waals surface area (Å²) < 4.78 is 32.2. The molecule has 3 N–H and O–H groups in total. The molecule has 0 amide bonds. The van der Waals surface area contributed by atoms with E-state index in [1.165, 1.54) is 82.8 Å². The molecule has 1 aromatic rings. The number of hydrogen-bond acceptors (Lipinski definition) is 3. The van der Waals surface area contributed by atoms with E-state index < -0.39 is 10.1 Å². The van der Waals surface area contributed by atoms with E-state index in [0.29, 0.717) is 17.7 Å². The Kier molecular flexibility index (Phi) is 13.7. The molecule has 0 saturated carbocycles. The van der Waals surface area contributed by atoms with E-state index in [0.717, 1.165) is 19.3 Å². The van der Waals surface area contributed by atoms with Gasteiger partial charge in [-0.2, -0.15) is 8.42 Å². The predicted octanol–water partition coefficient (Wildman–Crippen LogP) is 7.10. The average molecular weight is 424 g/mol. The minimum Gasteiger partial charge on any atom is -0.399 e. The van der Waals surface area contributed by atoms with Crippen molar-refractivity contribution in [2.24, 2.45) is 0 Å². The van der Waals surface area contributed by atoms with Crippen molar-refractivity contribution in [3.63, 3.8) is 0 Å². The van der Waals surface area contributed by atoms with Crippen LogP contribution in [0.3, 0.4) is 0 Å². The summed E-state index contributed by atoms with van der Waals surface area (Å²) in [5.41, 5.74) is 6.89. The first-order chi connectivity index (χ1) is 13.9. The molecule has 1 rings (SSSR count). The molecular formula is C24H41NO3S. The third kappa shape index (κ3) is 12.8. The fourth-order valence-corrected chi connectivity index (χ4v) is 4.34. The number of aryl methyl sites for hydroxylation is 1. The molecule has 0 spiro atoms. The van der Waals surface area contributed by atoms with Crippen molar-refractivity contribution in [1.29, 1.82) is 0 Å². The van der Waals surface area contributed by atoms with Gasteiger partial charge in [0.05, 0.1) is 4.90 Å². The molecule has 0 aliphatic carbocycles. The van der Waals surface area contributed by atoms with Crippen molar-refractivity contribution in [3.8, 4) is 0 Å². The molecule has 0 atom stereocenters. The molecular weight excluding hydrogens is 382 g/mol. The van der Waals surface area contributed by atoms with Crippen molar-refractivity contribution in [1.82, 2.24) is 0 Å². The maximum atomic E-state index is 11.4. The summed E-state index contributed by atoms with van der Waals surface area (Å²) in [7, 11) is -4.18. The van der Waals surface area contributed by atoms with Crippen molar-refractivity contribution in [3.05, 3.63) is 35.9 Å². The monoisotopic (exact) mass is 423 g/mol. The fourth-order valence-electron chi connectivity index (χ4n) is 3.61. The fraction of sp³-hybridized carbons (Fsp3) is 0.667. The second-order valence-corrected chi connectivity index (χ2v) is 9.42. The maximum absolute atomic E-state index is 11.4. The van der Waals surface area contributed by atoms with E-state index in [2.05, 4.69) is 19.1 Å². The second kappa shape index (κ2) is 15.5. The number of hydrogen-bond donors (Lipinski definition) is 2. The highest BCUT2D eigenvalue weighted by molar-refractivity contribution is 7.85. The zero-order valence-corrected chi connectivity index (χ0v) is 19.1. The maximum Gasteiger partial charge on any atom is 0.294 e. The van der Waals surface area contributed by atoms with Gasteiger partial charge in [0.15, 0.2) is 0 Å². The van der Waals surface area contributed by atoms with Gasteiger partial charge in [0, 0.05) is 5.69 Å². The number of anilines is 1. The number of nitrogen functional groups attached to an aromatic ring is 1. The molecule has 0 fully saturated rings. The summed E-state index contributed by atoms with van der Waals surface area (Å²) >= 11 is 0. The van der Waals surface area contributed by atoms with Crippen LogP contribution in [-0.4, -0.2) is 13.0 Å². The Morgan fingerprint density at radius 2 is 1.34 bits per heavy atom. The largest absolute Gasteiger partial charge is 0.399 e. The normalized spacial score (nSPS) is 12.1. The molecule has 0 radical (unpaired) electrons. The Morgan fingerprint density at radius 1 is 0.828 bits per heavy atom. The number of allylic oxidation sites excluding steroid dienone is 2. The lowest BCUT2D eigenvalue weighted by molar-refractivity contribution is 0.481. The molecule has 166 valence electrons. The van der Waals surface area contributed by atoms with Gasteiger partial charge in [0.25, 0.3) is 10.1 Å². The first-order valence-corrected chi connectivity index (χ1v) is 12.9. The van der Waals surface area contributed by atoms with Crippen LogP contribution < -0.4 is 5.73 Å². The van der Waals surface area contributed by atoms with E-state index >= 15 is 0 Å². The topological polar surface area (TPSA) is 80.4 Å². The minimum absolute atomic E-state index is 0.0144. The Bertz CT molecular complexity index is 683. The zero-order valence-electron chi connectivity index (χ0n) is 18.2. The standard InChI is InChI=1S/C24H41NO3S/c1-2-3-4-5-6-7-8-9-10-11-12-13-14-15-16-17-18-22-21-23(25)19-20-24(22)29(26,27)28/h9-10,19-21H,2-8,11-18,25H2,1H3,(H,26,27,28). The van der Waals surface area contributed by atoms with Crippen molar-refractivity contribution < 1.29 is 13.0 Å². The van der Waals surface area contributed by atoms with Crippen LogP contribution in [0.1, 0.15) is 102 Å². The van der Waals surface area contributed by atoms with E-state index in [4.69, 9.17) is 5.73 Å². The van der Waals surface area contributed by atoms with Crippen LogP contribution in [0, 0.1) is 0 Å². The third-order valence-corrected chi connectivity index (χ3v) is 6.27. The molecule has 29 heavy (non-hydrogen) atoms. The molecule has 4 nitrogen and oxygen atoms in total. The number of rotatable bonds is 17. The Labute approximate surface area is 178 Å². The molecule has 0 heterocycles. The summed E-state index contributed by atoms with van der Waals surface area (Å²) in [6, 6.07) is 4.55. The predicted molar refractivity (Wildman–Crippen MR) is 124 cm³/mol. The Hall–Kier alpha value is -1.33. The second-order valence-electron chi connectivity index (χ2n) is 8.03. The van der Waals surface area contributed by atoms with E-state index in [1.54, 1.807) is 6.07 Å². The molecule has 0 aromatic heterocycles. The summed E-state index contributed by atoms with van der Waals surface area (Å²) in [4.78, 5) is -0.0144. The van der Waals surface area contributed by atoms with Gasteiger partial charge >= 0.3 is 0 Å². The Morgan fingerprint density at radius 3 is 1.90 bits per heavy atom. The minimum atomic E-state index is -4.18. The first kappa shape index (κ1) is 25.7. The SMILES string of the molecule is CCCCCCCCC=CCCCCCCCCc1cc(N)ccc1S(=O)(=O)O. The van der Waals surface area contributed by atoms with E-state index in [-0.39, 0.29) is 4.90 Å². The van der Waals surface area contributed by atoms with Crippen LogP contribution in [0.2, 0.25) is 0 Å². The van der Waals surface area contributed by atoms with Gasteiger partial charge < -0.3 is 5.73 Å². The van der Waals surface area contributed by atoms with Gasteiger partial charge in [-0.25, -0.2) is 0 Å². The molecule has 5 heteroatoms. The molecule has 1 aromatic carbocycles. The highest BCUT2D eigenvalue weighted by Gasteiger charge is 2.15. The number of benzene rings is 1. The van der Waals surface area contributed by atoms with Crippen LogP contribution >= 0.6 is 0 Å². The van der Waals surface area contributed by atoms with Gasteiger partial charge in [-0.05, 0) is 62.3 Å². The van der Waals surface area contributed by atoms with Crippen molar-refractivity contribution in [2.45, 2.75) is 108 Å². The average Bonchev–Trinajstić information content (AvgIpc) is 2.66. The van der Waals surface area contributed by atoms with Crippen molar-refractivity contribution >= 4 is 15.8 Å². The van der Waals surface area contributed by atoms with Crippen LogP contribution in [0.25, 0.3) is 0 Å². The highest BCUT2D eigenvalue weighted by Crippen LogP contribution is 2.21. The lowest BCUT2D eigenvalue weighted by Gasteiger charge is -2.08. The Balaban J connectivity index is 2.03. The molecule has 0 bridgehead atoms. The molecule has 0 aliphatic rings. The van der Waals surface area contributed by atoms with Gasteiger partial charge in [-0.15, -0.1) is 0 Å². The highest BCUT2D eigenvalue weighted by atomic mass is 32.2. The van der Waals surface area contributed by atoms with Gasteiger partial charge in [0.1, 0.15) is 0 Å². The lowest BCUT2D eigenvalue weighted by atomic mass is 10.0. The van der Waals surface area contributed by atoms with Gasteiger partial charge in [-0.3, -0.25) is 4.55 Å². The van der Waals surface area contributed by atoms with Gasteiger partial charge in [-0.1, -0.05) is 76.9 Å². The molecule has 0 saturated heterocycles. The first-order valence-electron chi connectivity index (χ1n) is 11.5. The quantitative estimate of drug-likeness (QED) is 0.121. The number of unbranched alkanes of at least 4 members (excludes halogenated alkanes) is 12. The summed E-state index contributed by atoms with van der Waals surface area (Å²) in [6.07, 6.45) is 22.7. The van der Waals surface area contributed by atoms with Crippen LogP contribution in [-0.2, 0) is 16.5 Å². The van der Waals surface area contributed by atoms with Gasteiger partial charge in [0.2, 0.25) is 0 Å². The van der Waals surface area contributed by atoms with Crippen molar-refractivity contribution in [2.75, 3.05) is 5.73 Å². The summed E-state index contributed by atoms with van der Waals surface area (Å²) in [5, 5.41) is 0. The van der Waals surface area contributed by atoms with E-state index in [1.807, 2.05) is 0 Å². The van der Waals surface area contributed by atoms with Crippen LogP contribution in [0.15, 0.2) is 35.2 Å². The molecule has 0 unspecified atom stereocenters. The summed E-state index contributed by atoms with van der Waals surface area (Å²) in [5.74, 6) is 0. The van der Waals surface area contributed by atoms with Crippen LogP contribution in [0.4, 0.5) is 5.69 Å². The van der Waals surface area contributed by atoms with E-state index in [9.17, 15) is 13.0 Å². The van der Waals surface area contributed by atoms with Crippen LogP contribution in [0.5, 0.6) is 0 Å². The lowest BCUT2D eigenvalue weighted by Crippen LogP contribution is -2.04. The zero-order chi connectivity index (χ0) is 21.4. The third-order valence-electron chi connectivity index (χ3n) is 5.32. The molecule has 0 aliphatic heterocycles. The smallest absolute Gasteiger partial charge is 0.294 e. The number of nitrogens with two attached hydrogens (primary N) is 1. The summed E-state index contributed by atoms with van der Waals surface area (Å²) in [6.45, 7) is 2.26.